The van der Waals surface area contributed by atoms with E-state index in [9.17, 15) is 0 Å². The summed E-state index contributed by atoms with van der Waals surface area (Å²) < 4.78 is 0. The largest absolute Gasteiger partial charge is 3.00 e. The monoisotopic (exact) mass is 375 g/mol. The van der Waals surface area contributed by atoms with Crippen LogP contribution in [0, 0.1) is 21.8 Å². The zero-order chi connectivity index (χ0) is 13.5. The van der Waals surface area contributed by atoms with Gasteiger partial charge in [0.15, 0.2) is 0 Å². The first-order chi connectivity index (χ1) is 9.84. The molecule has 0 unspecified atom stereocenters. The molecule has 0 N–H and O–H groups in total. The number of hydrogen-bond donors (Lipinski definition) is 0. The van der Waals surface area contributed by atoms with Crippen molar-refractivity contribution in [1.82, 2.24) is 0 Å². The van der Waals surface area contributed by atoms with Gasteiger partial charge in [-0.3, -0.25) is 0 Å². The topological polar surface area (TPSA) is 0 Å². The van der Waals surface area contributed by atoms with Gasteiger partial charge in [-0.25, -0.2) is 0 Å². The molecular weight excluding hydrogens is 355 g/mol. The van der Waals surface area contributed by atoms with E-state index in [0.29, 0.717) is 0 Å². The Morgan fingerprint density at radius 3 is 2.09 bits per heavy atom. The summed E-state index contributed by atoms with van der Waals surface area (Å²) in [6.07, 6.45) is 0. The Hall–Kier alpha value is -1.59. The van der Waals surface area contributed by atoms with Gasteiger partial charge in [0.1, 0.15) is 0 Å². The maximum atomic E-state index is 2.28. The van der Waals surface area contributed by atoms with Crippen LogP contribution in [-0.4, -0.2) is 0 Å². The fourth-order valence-corrected chi connectivity index (χ4v) is 3.17. The first-order valence-corrected chi connectivity index (χ1v) is 6.98. The van der Waals surface area contributed by atoms with Crippen LogP contribution in [0.3, 0.4) is 0 Å². The van der Waals surface area contributed by atoms with E-state index in [-0.39, 0.29) is 41.1 Å². The van der Waals surface area contributed by atoms with E-state index in [2.05, 4.69) is 79.7 Å². The second kappa shape index (κ2) is 7.80. The van der Waals surface area contributed by atoms with Crippen molar-refractivity contribution in [3.05, 3.63) is 93.2 Å². The standard InChI is InChI=1S/C20H15.2CH3.Zr/c1-14-13-16-8-3-5-11-18(16)20(14)19-12-6-9-15-7-2-4-10-17(15)19;;;/h2-13H,1H3;2*1H3;/q3*-1;+3. The molecule has 4 rings (SSSR count). The van der Waals surface area contributed by atoms with Crippen LogP contribution in [0.2, 0.25) is 0 Å². The quantitative estimate of drug-likeness (QED) is 0.329. The van der Waals surface area contributed by atoms with E-state index in [1.165, 1.54) is 38.2 Å². The Morgan fingerprint density at radius 1 is 0.696 bits per heavy atom. The van der Waals surface area contributed by atoms with Gasteiger partial charge in [0.05, 0.1) is 0 Å². The number of fused-ring (bicyclic) bond motifs is 2. The van der Waals surface area contributed by atoms with Gasteiger partial charge in [-0.2, -0.15) is 0 Å². The van der Waals surface area contributed by atoms with Gasteiger partial charge in [0, 0.05) is 0 Å². The smallest absolute Gasteiger partial charge is 0.358 e. The molecule has 0 nitrogen and oxygen atoms in total. The molecule has 113 valence electrons. The van der Waals surface area contributed by atoms with Gasteiger partial charge in [0.25, 0.3) is 0 Å². The zero-order valence-corrected chi connectivity index (χ0v) is 16.4. The van der Waals surface area contributed by atoms with E-state index < -0.39 is 0 Å². The third kappa shape index (κ3) is 3.21. The molecule has 0 amide bonds. The predicted octanol–water partition coefficient (Wildman–Crippen LogP) is 6.59. The van der Waals surface area contributed by atoms with Crippen LogP contribution in [-0.2, 0) is 26.2 Å². The van der Waals surface area contributed by atoms with Crippen molar-refractivity contribution >= 4 is 21.5 Å². The molecule has 1 heteroatoms. The Bertz CT molecular complexity index is 910. The van der Waals surface area contributed by atoms with Crippen molar-refractivity contribution in [2.24, 2.45) is 0 Å². The van der Waals surface area contributed by atoms with E-state index in [1.807, 2.05) is 0 Å². The Morgan fingerprint density at radius 2 is 1.30 bits per heavy atom. The van der Waals surface area contributed by atoms with Gasteiger partial charge < -0.3 is 14.9 Å². The SMILES string of the molecule is Cc1[cH-]c2ccccc2c1-c1cccc2ccccc12.[CH3-].[CH3-].[Zr+3]. The molecule has 4 aromatic rings. The van der Waals surface area contributed by atoms with Crippen molar-refractivity contribution in [2.75, 3.05) is 0 Å². The van der Waals surface area contributed by atoms with Crippen LogP contribution >= 0.6 is 0 Å². The Labute approximate surface area is 158 Å². The van der Waals surface area contributed by atoms with Gasteiger partial charge in [-0.05, 0) is 10.8 Å². The number of hydrogen-bond acceptors (Lipinski definition) is 0. The van der Waals surface area contributed by atoms with E-state index in [0.717, 1.165) is 0 Å². The van der Waals surface area contributed by atoms with Crippen LogP contribution in [0.4, 0.5) is 0 Å². The molecule has 1 radical (unpaired) electrons. The van der Waals surface area contributed by atoms with Crippen molar-refractivity contribution < 1.29 is 26.2 Å². The molecule has 0 aliphatic carbocycles. The van der Waals surface area contributed by atoms with Crippen molar-refractivity contribution in [2.45, 2.75) is 6.92 Å². The second-order valence-corrected chi connectivity index (χ2v) is 5.32. The fourth-order valence-electron chi connectivity index (χ4n) is 3.17. The summed E-state index contributed by atoms with van der Waals surface area (Å²) in [6.45, 7) is 2.21. The fraction of sp³-hybridized carbons (Fsp3) is 0.0455. The molecule has 0 saturated heterocycles. The third-order valence-electron chi connectivity index (χ3n) is 4.06. The summed E-state index contributed by atoms with van der Waals surface area (Å²) in [7, 11) is 0. The van der Waals surface area contributed by atoms with Crippen LogP contribution in [0.1, 0.15) is 5.56 Å². The molecule has 0 aliphatic rings. The minimum Gasteiger partial charge on any atom is -0.358 e. The molecule has 0 saturated carbocycles. The molecule has 0 aliphatic heterocycles. The molecule has 0 aromatic heterocycles. The van der Waals surface area contributed by atoms with Crippen molar-refractivity contribution in [1.29, 1.82) is 0 Å². The van der Waals surface area contributed by atoms with E-state index >= 15 is 0 Å². The molecule has 4 aromatic carbocycles. The van der Waals surface area contributed by atoms with Crippen molar-refractivity contribution in [3.63, 3.8) is 0 Å². The summed E-state index contributed by atoms with van der Waals surface area (Å²) in [5.74, 6) is 0. The first-order valence-electron chi connectivity index (χ1n) is 6.98. The maximum Gasteiger partial charge on any atom is 3.00 e. The predicted molar refractivity (Wildman–Crippen MR) is 100 cm³/mol. The molecule has 0 atom stereocenters. The normalized spacial score (nSPS) is 9.78. The third-order valence-corrected chi connectivity index (χ3v) is 4.06. The molecule has 0 fully saturated rings. The van der Waals surface area contributed by atoms with Crippen LogP contribution in [0.5, 0.6) is 0 Å². The van der Waals surface area contributed by atoms with Crippen LogP contribution in [0.15, 0.2) is 72.8 Å². The minimum atomic E-state index is 0. The van der Waals surface area contributed by atoms with E-state index in [1.54, 1.807) is 0 Å². The zero-order valence-electron chi connectivity index (χ0n) is 13.9. The Balaban J connectivity index is 0.000000882. The minimum absolute atomic E-state index is 0. The summed E-state index contributed by atoms with van der Waals surface area (Å²) in [4.78, 5) is 0. The average molecular weight is 377 g/mol. The number of aryl methyl sites for hydroxylation is 1. The molecule has 23 heavy (non-hydrogen) atoms. The first kappa shape index (κ1) is 19.5. The second-order valence-electron chi connectivity index (χ2n) is 5.32. The summed E-state index contributed by atoms with van der Waals surface area (Å²) in [5.41, 5.74) is 4.06. The van der Waals surface area contributed by atoms with Gasteiger partial charge in [-0.1, -0.05) is 61.0 Å². The molecule has 0 spiro atoms. The van der Waals surface area contributed by atoms with Gasteiger partial charge in [0.2, 0.25) is 0 Å². The number of rotatable bonds is 1. The van der Waals surface area contributed by atoms with Crippen molar-refractivity contribution in [3.8, 4) is 11.1 Å². The average Bonchev–Trinajstić information content (AvgIpc) is 2.82. The number of benzene rings is 3. The van der Waals surface area contributed by atoms with E-state index in [4.69, 9.17) is 0 Å². The van der Waals surface area contributed by atoms with Gasteiger partial charge in [-0.15, -0.1) is 46.2 Å². The van der Waals surface area contributed by atoms with Crippen LogP contribution < -0.4 is 0 Å². The summed E-state index contributed by atoms with van der Waals surface area (Å²) in [6, 6.07) is 26.1. The van der Waals surface area contributed by atoms with Gasteiger partial charge >= 0.3 is 26.2 Å². The summed E-state index contributed by atoms with van der Waals surface area (Å²) in [5, 5.41) is 5.30. The maximum absolute atomic E-state index is 2.28. The van der Waals surface area contributed by atoms with Crippen LogP contribution in [0.25, 0.3) is 32.7 Å². The Kier molecular flexibility index (Phi) is 6.60. The summed E-state index contributed by atoms with van der Waals surface area (Å²) >= 11 is 0. The molecule has 0 heterocycles. The molecule has 0 bridgehead atoms. The molecular formula is C22H21Zr.